The molecular weight excluding hydrogens is 293 g/mol. The lowest BCUT2D eigenvalue weighted by molar-refractivity contribution is -0.184. The van der Waals surface area contributed by atoms with Crippen molar-refractivity contribution in [3.63, 3.8) is 0 Å². The molecule has 1 fully saturated rings. The Hall–Kier alpha value is -1.56. The molecule has 6 heteroatoms. The number of nitrogens with two attached hydrogens (primary N) is 1. The molecule has 0 radical (unpaired) electrons. The number of carbonyl (C=O) groups excluding carboxylic acids is 1. The van der Waals surface area contributed by atoms with Gasteiger partial charge in [-0.1, -0.05) is 36.8 Å². The Bertz CT molecular complexity index is 514. The van der Waals surface area contributed by atoms with Crippen molar-refractivity contribution in [1.29, 1.82) is 0 Å². The number of halogens is 3. The fourth-order valence-corrected chi connectivity index (χ4v) is 2.87. The third-order valence-electron chi connectivity index (χ3n) is 4.32. The fourth-order valence-electron chi connectivity index (χ4n) is 2.87. The number of alkyl halides is 3. The van der Waals surface area contributed by atoms with Gasteiger partial charge in [0.25, 0.3) is 0 Å². The minimum absolute atomic E-state index is 0.0693. The molecule has 3 atom stereocenters. The van der Waals surface area contributed by atoms with Crippen LogP contribution in [0, 0.1) is 5.92 Å². The van der Waals surface area contributed by atoms with Gasteiger partial charge in [0.1, 0.15) is 5.54 Å². The average Bonchev–Trinajstić information content (AvgIpc) is 2.47. The first-order valence-electron chi connectivity index (χ1n) is 7.43. The van der Waals surface area contributed by atoms with Gasteiger partial charge in [-0.3, -0.25) is 4.79 Å². The lowest BCUT2D eigenvalue weighted by Crippen LogP contribution is -2.53. The highest BCUT2D eigenvalue weighted by molar-refractivity contribution is 5.87. The first-order valence-corrected chi connectivity index (χ1v) is 7.43. The van der Waals surface area contributed by atoms with Crippen molar-refractivity contribution in [2.24, 2.45) is 11.7 Å². The van der Waals surface area contributed by atoms with E-state index in [-0.39, 0.29) is 12.8 Å². The molecule has 0 bridgehead atoms. The molecule has 1 saturated carbocycles. The van der Waals surface area contributed by atoms with Crippen molar-refractivity contribution in [2.75, 3.05) is 0 Å². The Morgan fingerprint density at radius 2 is 1.86 bits per heavy atom. The third kappa shape index (κ3) is 3.80. The first kappa shape index (κ1) is 16.8. The molecule has 1 amide bonds. The highest BCUT2D eigenvalue weighted by Gasteiger charge is 2.43. The van der Waals surface area contributed by atoms with Gasteiger partial charge in [0.15, 0.2) is 0 Å². The Labute approximate surface area is 128 Å². The number of rotatable bonds is 3. The number of nitrogens with one attached hydrogen (secondary N) is 1. The van der Waals surface area contributed by atoms with Crippen LogP contribution in [0.2, 0.25) is 0 Å². The van der Waals surface area contributed by atoms with Gasteiger partial charge in [-0.2, -0.15) is 13.2 Å². The summed E-state index contributed by atoms with van der Waals surface area (Å²) >= 11 is 0. The molecular formula is C16H21F3N2O. The molecule has 3 nitrogen and oxygen atoms in total. The summed E-state index contributed by atoms with van der Waals surface area (Å²) in [7, 11) is 0. The molecule has 0 spiro atoms. The number of hydrogen-bond donors (Lipinski definition) is 2. The van der Waals surface area contributed by atoms with Gasteiger partial charge in [0.05, 0.1) is 5.92 Å². The van der Waals surface area contributed by atoms with Crippen molar-refractivity contribution in [3.8, 4) is 0 Å². The molecule has 0 saturated heterocycles. The number of carbonyl (C=O) groups is 1. The lowest BCUT2D eigenvalue weighted by Gasteiger charge is -2.33. The highest BCUT2D eigenvalue weighted by Crippen LogP contribution is 2.37. The third-order valence-corrected chi connectivity index (χ3v) is 4.32. The van der Waals surface area contributed by atoms with E-state index in [1.54, 1.807) is 31.2 Å². The van der Waals surface area contributed by atoms with Gasteiger partial charge in [-0.25, -0.2) is 0 Å². The van der Waals surface area contributed by atoms with Crippen molar-refractivity contribution in [3.05, 3.63) is 35.9 Å². The Morgan fingerprint density at radius 1 is 1.23 bits per heavy atom. The Morgan fingerprint density at radius 3 is 2.45 bits per heavy atom. The molecule has 0 heterocycles. The number of hydrogen-bond acceptors (Lipinski definition) is 2. The van der Waals surface area contributed by atoms with Gasteiger partial charge in [0.2, 0.25) is 5.91 Å². The van der Waals surface area contributed by atoms with E-state index in [2.05, 4.69) is 5.32 Å². The Kier molecular flexibility index (Phi) is 4.80. The maximum absolute atomic E-state index is 12.8. The molecule has 1 aromatic rings. The molecule has 3 N–H and O–H groups in total. The summed E-state index contributed by atoms with van der Waals surface area (Å²) < 4.78 is 38.4. The Balaban J connectivity index is 2.02. The van der Waals surface area contributed by atoms with E-state index in [4.69, 9.17) is 5.73 Å². The number of benzene rings is 1. The monoisotopic (exact) mass is 314 g/mol. The first-order chi connectivity index (χ1) is 10.2. The summed E-state index contributed by atoms with van der Waals surface area (Å²) in [6.07, 6.45) is -3.12. The zero-order valence-electron chi connectivity index (χ0n) is 12.5. The van der Waals surface area contributed by atoms with Gasteiger partial charge in [-0.15, -0.1) is 0 Å². The second-order valence-electron chi connectivity index (χ2n) is 6.14. The van der Waals surface area contributed by atoms with Crippen molar-refractivity contribution < 1.29 is 18.0 Å². The second kappa shape index (κ2) is 6.28. The van der Waals surface area contributed by atoms with Crippen molar-refractivity contribution >= 4 is 5.91 Å². The predicted molar refractivity (Wildman–Crippen MR) is 77.9 cm³/mol. The van der Waals surface area contributed by atoms with Crippen LogP contribution in [0.3, 0.4) is 0 Å². The molecule has 1 aromatic carbocycles. The van der Waals surface area contributed by atoms with Crippen LogP contribution in [-0.2, 0) is 10.3 Å². The summed E-state index contributed by atoms with van der Waals surface area (Å²) in [4.78, 5) is 12.4. The molecule has 122 valence electrons. The van der Waals surface area contributed by atoms with Gasteiger partial charge >= 0.3 is 6.18 Å². The average molecular weight is 314 g/mol. The van der Waals surface area contributed by atoms with E-state index < -0.39 is 29.6 Å². The van der Waals surface area contributed by atoms with Crippen LogP contribution >= 0.6 is 0 Å². The van der Waals surface area contributed by atoms with Crippen LogP contribution in [0.1, 0.15) is 38.2 Å². The molecule has 22 heavy (non-hydrogen) atoms. The summed E-state index contributed by atoms with van der Waals surface area (Å²) in [5, 5.41) is 2.70. The molecule has 1 aliphatic carbocycles. The molecule has 0 aromatic heterocycles. The maximum atomic E-state index is 12.8. The van der Waals surface area contributed by atoms with Crippen LogP contribution in [0.4, 0.5) is 13.2 Å². The zero-order valence-corrected chi connectivity index (χ0v) is 12.5. The SMILES string of the molecule is CC(N)(C(=O)NC1CCCC(C(F)(F)F)C1)c1ccccc1. The summed E-state index contributed by atoms with van der Waals surface area (Å²) in [5.74, 6) is -1.78. The minimum atomic E-state index is -4.20. The van der Waals surface area contributed by atoms with Crippen LogP contribution in [0.5, 0.6) is 0 Å². The van der Waals surface area contributed by atoms with Gasteiger partial charge in [0, 0.05) is 6.04 Å². The molecule has 3 unspecified atom stereocenters. The zero-order chi connectivity index (χ0) is 16.4. The summed E-state index contributed by atoms with van der Waals surface area (Å²) in [5.41, 5.74) is 5.46. The van der Waals surface area contributed by atoms with E-state index in [1.165, 1.54) is 0 Å². The summed E-state index contributed by atoms with van der Waals surface area (Å²) in [6, 6.07) is 8.35. The molecule has 0 aliphatic heterocycles. The van der Waals surface area contributed by atoms with Gasteiger partial charge < -0.3 is 11.1 Å². The minimum Gasteiger partial charge on any atom is -0.351 e. The summed E-state index contributed by atoms with van der Waals surface area (Å²) in [6.45, 7) is 1.57. The standard InChI is InChI=1S/C16H21F3N2O/c1-15(20,11-6-3-2-4-7-11)14(22)21-13-9-5-8-12(10-13)16(17,18)19/h2-4,6-7,12-13H,5,8-10,20H2,1H3,(H,21,22). The van der Waals surface area contributed by atoms with E-state index in [9.17, 15) is 18.0 Å². The van der Waals surface area contributed by atoms with Crippen molar-refractivity contribution in [2.45, 2.75) is 50.4 Å². The van der Waals surface area contributed by atoms with E-state index >= 15 is 0 Å². The smallest absolute Gasteiger partial charge is 0.351 e. The van der Waals surface area contributed by atoms with Crippen LogP contribution in [0.25, 0.3) is 0 Å². The largest absolute Gasteiger partial charge is 0.391 e. The second-order valence-corrected chi connectivity index (χ2v) is 6.14. The van der Waals surface area contributed by atoms with E-state index in [1.807, 2.05) is 6.07 Å². The van der Waals surface area contributed by atoms with Crippen LogP contribution in [-0.4, -0.2) is 18.1 Å². The maximum Gasteiger partial charge on any atom is 0.391 e. The van der Waals surface area contributed by atoms with Crippen LogP contribution < -0.4 is 11.1 Å². The van der Waals surface area contributed by atoms with Crippen LogP contribution in [0.15, 0.2) is 30.3 Å². The molecule has 1 aliphatic rings. The normalized spacial score (nSPS) is 25.3. The topological polar surface area (TPSA) is 55.1 Å². The fraction of sp³-hybridized carbons (Fsp3) is 0.562. The lowest BCUT2D eigenvalue weighted by atomic mass is 9.84. The predicted octanol–water partition coefficient (Wildman–Crippen LogP) is 3.10. The van der Waals surface area contributed by atoms with E-state index in [0.29, 0.717) is 18.4 Å². The van der Waals surface area contributed by atoms with Gasteiger partial charge in [-0.05, 0) is 31.7 Å². The van der Waals surface area contributed by atoms with Crippen molar-refractivity contribution in [1.82, 2.24) is 5.32 Å². The quantitative estimate of drug-likeness (QED) is 0.901. The highest BCUT2D eigenvalue weighted by atomic mass is 19.4. The van der Waals surface area contributed by atoms with E-state index in [0.717, 1.165) is 0 Å². The molecule has 2 rings (SSSR count). The number of amides is 1.